The molecular formula is C24H24ClNO4. The molecule has 30 heavy (non-hydrogen) atoms. The highest BCUT2D eigenvalue weighted by Gasteiger charge is 2.16. The van der Waals surface area contributed by atoms with E-state index in [1.54, 1.807) is 36.4 Å². The van der Waals surface area contributed by atoms with Crippen molar-refractivity contribution in [3.63, 3.8) is 0 Å². The van der Waals surface area contributed by atoms with E-state index >= 15 is 0 Å². The van der Waals surface area contributed by atoms with E-state index in [0.717, 1.165) is 11.3 Å². The minimum absolute atomic E-state index is 0.298. The minimum Gasteiger partial charge on any atom is -0.490 e. The second-order valence-corrected chi connectivity index (χ2v) is 6.90. The molecule has 3 aromatic rings. The van der Waals surface area contributed by atoms with Crippen LogP contribution in [-0.4, -0.2) is 19.1 Å². The monoisotopic (exact) mass is 425 g/mol. The van der Waals surface area contributed by atoms with Gasteiger partial charge in [-0.25, -0.2) is 0 Å². The lowest BCUT2D eigenvalue weighted by Gasteiger charge is -2.14. The van der Waals surface area contributed by atoms with E-state index in [0.29, 0.717) is 46.7 Å². The Morgan fingerprint density at radius 3 is 2.30 bits per heavy atom. The third kappa shape index (κ3) is 5.24. The molecule has 0 unspecified atom stereocenters. The smallest absolute Gasteiger partial charge is 0.255 e. The molecule has 0 radical (unpaired) electrons. The van der Waals surface area contributed by atoms with Crippen molar-refractivity contribution in [1.29, 1.82) is 0 Å². The number of hydrogen-bond acceptors (Lipinski definition) is 4. The molecule has 156 valence electrons. The summed E-state index contributed by atoms with van der Waals surface area (Å²) in [6.45, 7) is 6.59. The Hall–Kier alpha value is -3.18. The van der Waals surface area contributed by atoms with Crippen molar-refractivity contribution in [2.24, 2.45) is 0 Å². The van der Waals surface area contributed by atoms with Gasteiger partial charge in [-0.15, -0.1) is 0 Å². The Labute approximate surface area is 181 Å². The lowest BCUT2D eigenvalue weighted by atomic mass is 10.1. The van der Waals surface area contributed by atoms with E-state index in [4.69, 9.17) is 25.8 Å². The molecule has 0 atom stereocenters. The van der Waals surface area contributed by atoms with Crippen LogP contribution in [0.4, 0.5) is 5.69 Å². The summed E-state index contributed by atoms with van der Waals surface area (Å²) in [5.41, 5.74) is 2.07. The van der Waals surface area contributed by atoms with Gasteiger partial charge >= 0.3 is 0 Å². The van der Waals surface area contributed by atoms with Gasteiger partial charge in [0.05, 0.1) is 18.2 Å². The lowest BCUT2D eigenvalue weighted by Crippen LogP contribution is -2.12. The van der Waals surface area contributed by atoms with Gasteiger partial charge in [0.1, 0.15) is 11.5 Å². The van der Waals surface area contributed by atoms with E-state index in [1.165, 1.54) is 0 Å². The first-order valence-electron chi connectivity index (χ1n) is 9.75. The highest BCUT2D eigenvalue weighted by molar-refractivity contribution is 6.32. The number of benzene rings is 3. The summed E-state index contributed by atoms with van der Waals surface area (Å²) in [5.74, 6) is 2.06. The van der Waals surface area contributed by atoms with E-state index < -0.39 is 0 Å². The zero-order valence-corrected chi connectivity index (χ0v) is 18.0. The third-order valence-corrected chi connectivity index (χ3v) is 4.57. The summed E-state index contributed by atoms with van der Waals surface area (Å²) >= 11 is 6.31. The van der Waals surface area contributed by atoms with Gasteiger partial charge in [0.15, 0.2) is 11.5 Å². The van der Waals surface area contributed by atoms with Crippen LogP contribution in [-0.2, 0) is 0 Å². The molecule has 0 aliphatic heterocycles. The quantitative estimate of drug-likeness (QED) is 0.448. The van der Waals surface area contributed by atoms with Crippen molar-refractivity contribution in [3.05, 3.63) is 76.8 Å². The molecule has 0 bridgehead atoms. The topological polar surface area (TPSA) is 56.8 Å². The first-order valence-corrected chi connectivity index (χ1v) is 10.1. The predicted molar refractivity (Wildman–Crippen MR) is 119 cm³/mol. The summed E-state index contributed by atoms with van der Waals surface area (Å²) in [4.78, 5) is 12.7. The molecule has 0 saturated carbocycles. The number of ether oxygens (including phenoxy) is 3. The highest BCUT2D eigenvalue weighted by atomic mass is 35.5. The number of halogens is 1. The number of aryl methyl sites for hydroxylation is 1. The van der Waals surface area contributed by atoms with Crippen molar-refractivity contribution in [2.45, 2.75) is 20.8 Å². The summed E-state index contributed by atoms with van der Waals surface area (Å²) < 4.78 is 17.0. The van der Waals surface area contributed by atoms with Crippen LogP contribution in [0.1, 0.15) is 29.8 Å². The lowest BCUT2D eigenvalue weighted by molar-refractivity contribution is 0.102. The van der Waals surface area contributed by atoms with Crippen LogP contribution in [0.25, 0.3) is 0 Å². The Kier molecular flexibility index (Phi) is 7.20. The normalized spacial score (nSPS) is 10.4. The van der Waals surface area contributed by atoms with Crippen molar-refractivity contribution < 1.29 is 19.0 Å². The molecule has 6 heteroatoms. The van der Waals surface area contributed by atoms with Gasteiger partial charge in [0.2, 0.25) is 0 Å². The maximum Gasteiger partial charge on any atom is 0.255 e. The Bertz CT molecular complexity index is 1020. The zero-order chi connectivity index (χ0) is 21.5. The molecule has 3 aromatic carbocycles. The van der Waals surface area contributed by atoms with Gasteiger partial charge in [0, 0.05) is 11.3 Å². The standard InChI is InChI=1S/C24H24ClNO4/c1-4-28-22-15-17(14-20(25)23(22)29-5-2)24(27)26-18-10-12-19(13-11-18)30-21-9-7-6-8-16(21)3/h6-15H,4-5H2,1-3H3,(H,26,27). The van der Waals surface area contributed by atoms with Crippen molar-refractivity contribution >= 4 is 23.2 Å². The molecule has 0 fully saturated rings. The van der Waals surface area contributed by atoms with Crippen LogP contribution in [0.2, 0.25) is 5.02 Å². The van der Waals surface area contributed by atoms with Crippen molar-refractivity contribution in [3.8, 4) is 23.0 Å². The van der Waals surface area contributed by atoms with Crippen LogP contribution in [0, 0.1) is 6.92 Å². The van der Waals surface area contributed by atoms with Gasteiger partial charge in [0.25, 0.3) is 5.91 Å². The summed E-state index contributed by atoms with van der Waals surface area (Å²) in [6, 6.07) is 18.2. The predicted octanol–water partition coefficient (Wildman–Crippen LogP) is 6.49. The average molecular weight is 426 g/mol. The molecule has 1 N–H and O–H groups in total. The van der Waals surface area contributed by atoms with Crippen LogP contribution in [0.3, 0.4) is 0 Å². The molecule has 0 aliphatic carbocycles. The fourth-order valence-corrected chi connectivity index (χ4v) is 3.12. The summed E-state index contributed by atoms with van der Waals surface area (Å²) in [7, 11) is 0. The van der Waals surface area contributed by atoms with Gasteiger partial charge < -0.3 is 19.5 Å². The largest absolute Gasteiger partial charge is 0.490 e. The summed E-state index contributed by atoms with van der Waals surface area (Å²) in [5, 5.41) is 3.19. The molecule has 0 heterocycles. The van der Waals surface area contributed by atoms with Crippen LogP contribution in [0.5, 0.6) is 23.0 Å². The van der Waals surface area contributed by atoms with E-state index in [2.05, 4.69) is 5.32 Å². The first-order chi connectivity index (χ1) is 14.5. The first kappa shape index (κ1) is 21.5. The average Bonchev–Trinajstić information content (AvgIpc) is 2.73. The Morgan fingerprint density at radius 2 is 1.63 bits per heavy atom. The molecule has 0 aromatic heterocycles. The number of amides is 1. The Balaban J connectivity index is 1.73. The molecule has 5 nitrogen and oxygen atoms in total. The number of nitrogens with one attached hydrogen (secondary N) is 1. The second-order valence-electron chi connectivity index (χ2n) is 6.50. The van der Waals surface area contributed by atoms with Gasteiger partial charge in [-0.3, -0.25) is 4.79 Å². The number of anilines is 1. The zero-order valence-electron chi connectivity index (χ0n) is 17.2. The number of carbonyl (C=O) groups excluding carboxylic acids is 1. The van der Waals surface area contributed by atoms with E-state index in [-0.39, 0.29) is 5.91 Å². The van der Waals surface area contributed by atoms with Crippen molar-refractivity contribution in [2.75, 3.05) is 18.5 Å². The van der Waals surface area contributed by atoms with Gasteiger partial charge in [-0.1, -0.05) is 29.8 Å². The highest BCUT2D eigenvalue weighted by Crippen LogP contribution is 2.37. The van der Waals surface area contributed by atoms with Crippen LogP contribution >= 0.6 is 11.6 Å². The number of rotatable bonds is 8. The van der Waals surface area contributed by atoms with Crippen molar-refractivity contribution in [1.82, 2.24) is 0 Å². The molecular weight excluding hydrogens is 402 g/mol. The fraction of sp³-hybridized carbons (Fsp3) is 0.208. The maximum absolute atomic E-state index is 12.7. The molecule has 3 rings (SSSR count). The molecule has 0 aliphatic rings. The molecule has 0 saturated heterocycles. The number of para-hydroxylation sites is 1. The third-order valence-electron chi connectivity index (χ3n) is 4.29. The van der Waals surface area contributed by atoms with E-state index in [9.17, 15) is 4.79 Å². The summed E-state index contributed by atoms with van der Waals surface area (Å²) in [6.07, 6.45) is 0. The van der Waals surface area contributed by atoms with Gasteiger partial charge in [-0.2, -0.15) is 0 Å². The Morgan fingerprint density at radius 1 is 0.933 bits per heavy atom. The number of carbonyl (C=O) groups is 1. The van der Waals surface area contributed by atoms with Gasteiger partial charge in [-0.05, 0) is 68.8 Å². The molecule has 0 spiro atoms. The van der Waals surface area contributed by atoms with Crippen LogP contribution in [0.15, 0.2) is 60.7 Å². The minimum atomic E-state index is -0.298. The SMILES string of the molecule is CCOc1cc(C(=O)Nc2ccc(Oc3ccccc3C)cc2)cc(Cl)c1OCC. The molecule has 1 amide bonds. The number of hydrogen-bond donors (Lipinski definition) is 1. The fourth-order valence-electron chi connectivity index (χ4n) is 2.85. The maximum atomic E-state index is 12.7. The second kappa shape index (κ2) is 10.0. The van der Waals surface area contributed by atoms with E-state index in [1.807, 2.05) is 45.0 Å². The van der Waals surface area contributed by atoms with Crippen LogP contribution < -0.4 is 19.5 Å².